The van der Waals surface area contributed by atoms with E-state index in [-0.39, 0.29) is 0 Å². The lowest BCUT2D eigenvalue weighted by Gasteiger charge is -2.02. The number of nitrogens with zero attached hydrogens (tertiary/aromatic N) is 4. The Morgan fingerprint density at radius 3 is 2.28 bits per heavy atom. The molecular formula is C13H21N5. The zero-order chi connectivity index (χ0) is 13.1. The van der Waals surface area contributed by atoms with Gasteiger partial charge in [0.05, 0.1) is 5.69 Å². The van der Waals surface area contributed by atoms with E-state index in [4.69, 9.17) is 0 Å². The topological polar surface area (TPSA) is 47.7 Å². The van der Waals surface area contributed by atoms with E-state index >= 15 is 0 Å². The summed E-state index contributed by atoms with van der Waals surface area (Å²) in [7, 11) is 0. The lowest BCUT2D eigenvalue weighted by Crippen LogP contribution is -2.02. The van der Waals surface area contributed by atoms with Gasteiger partial charge in [0.15, 0.2) is 5.82 Å². The van der Waals surface area contributed by atoms with Gasteiger partial charge in [0.1, 0.15) is 0 Å². The molecule has 0 radical (unpaired) electrons. The number of aryl methyl sites for hydroxylation is 4. The molecule has 0 spiro atoms. The Morgan fingerprint density at radius 1 is 1.06 bits per heavy atom. The van der Waals surface area contributed by atoms with Gasteiger partial charge in [0, 0.05) is 43.2 Å². The van der Waals surface area contributed by atoms with Gasteiger partial charge in [0.25, 0.3) is 0 Å². The van der Waals surface area contributed by atoms with E-state index in [1.165, 1.54) is 11.1 Å². The minimum absolute atomic E-state index is 0.771. The van der Waals surface area contributed by atoms with Crippen molar-refractivity contribution in [3.63, 3.8) is 0 Å². The molecule has 0 aliphatic rings. The van der Waals surface area contributed by atoms with Gasteiger partial charge in [-0.3, -0.25) is 9.36 Å². The molecule has 0 fully saturated rings. The highest BCUT2D eigenvalue weighted by atomic mass is 15.3. The second-order valence-electron chi connectivity index (χ2n) is 4.47. The van der Waals surface area contributed by atoms with Gasteiger partial charge in [-0.05, 0) is 27.7 Å². The van der Waals surface area contributed by atoms with Crippen molar-refractivity contribution < 1.29 is 0 Å². The molecule has 0 aromatic carbocycles. The number of anilines is 1. The number of nitrogens with one attached hydrogen (secondary N) is 1. The van der Waals surface area contributed by atoms with Gasteiger partial charge in [-0.1, -0.05) is 0 Å². The molecule has 2 aromatic heterocycles. The Labute approximate surface area is 108 Å². The molecule has 0 bridgehead atoms. The number of aromatic nitrogens is 4. The summed E-state index contributed by atoms with van der Waals surface area (Å²) >= 11 is 0. The number of rotatable bonds is 5. The van der Waals surface area contributed by atoms with Crippen LogP contribution in [0.3, 0.4) is 0 Å². The van der Waals surface area contributed by atoms with Crippen molar-refractivity contribution in [2.24, 2.45) is 0 Å². The molecular weight excluding hydrogens is 226 g/mol. The second-order valence-corrected chi connectivity index (χ2v) is 4.47. The molecule has 0 saturated carbocycles. The first-order valence-electron chi connectivity index (χ1n) is 6.44. The Morgan fingerprint density at radius 2 is 1.72 bits per heavy atom. The highest BCUT2D eigenvalue weighted by molar-refractivity contribution is 5.42. The SMILES string of the molecule is CCn1cc(CNc2nn(CC)cc2C)c(C)n1. The van der Waals surface area contributed by atoms with Crippen LogP contribution in [0.5, 0.6) is 0 Å². The zero-order valence-electron chi connectivity index (χ0n) is 11.6. The largest absolute Gasteiger partial charge is 0.364 e. The maximum atomic E-state index is 4.48. The lowest BCUT2D eigenvalue weighted by molar-refractivity contribution is 0.653. The smallest absolute Gasteiger partial charge is 0.151 e. The number of hydrogen-bond donors (Lipinski definition) is 1. The van der Waals surface area contributed by atoms with Crippen molar-refractivity contribution in [2.45, 2.75) is 47.3 Å². The molecule has 2 rings (SSSR count). The summed E-state index contributed by atoms with van der Waals surface area (Å²) in [6.45, 7) is 10.9. The van der Waals surface area contributed by atoms with Crippen LogP contribution in [0, 0.1) is 13.8 Å². The third-order valence-corrected chi connectivity index (χ3v) is 3.09. The quantitative estimate of drug-likeness (QED) is 0.882. The van der Waals surface area contributed by atoms with Crippen molar-refractivity contribution in [2.75, 3.05) is 5.32 Å². The van der Waals surface area contributed by atoms with Crippen molar-refractivity contribution >= 4 is 5.82 Å². The van der Waals surface area contributed by atoms with Gasteiger partial charge in [-0.15, -0.1) is 0 Å². The molecule has 0 aliphatic carbocycles. The van der Waals surface area contributed by atoms with Crippen molar-refractivity contribution in [1.82, 2.24) is 19.6 Å². The summed E-state index contributed by atoms with van der Waals surface area (Å²) in [5, 5.41) is 12.3. The van der Waals surface area contributed by atoms with Gasteiger partial charge >= 0.3 is 0 Å². The fourth-order valence-corrected chi connectivity index (χ4v) is 1.93. The van der Waals surface area contributed by atoms with E-state index in [2.05, 4.69) is 48.7 Å². The fraction of sp³-hybridized carbons (Fsp3) is 0.538. The lowest BCUT2D eigenvalue weighted by atomic mass is 10.2. The molecule has 5 nitrogen and oxygen atoms in total. The predicted molar refractivity (Wildman–Crippen MR) is 72.6 cm³/mol. The summed E-state index contributed by atoms with van der Waals surface area (Å²) in [4.78, 5) is 0. The van der Waals surface area contributed by atoms with Crippen LogP contribution in [0.25, 0.3) is 0 Å². The van der Waals surface area contributed by atoms with Crippen molar-refractivity contribution in [3.8, 4) is 0 Å². The minimum Gasteiger partial charge on any atom is -0.364 e. The van der Waals surface area contributed by atoms with Crippen LogP contribution >= 0.6 is 0 Å². The second kappa shape index (κ2) is 5.25. The van der Waals surface area contributed by atoms with Crippen LogP contribution < -0.4 is 5.32 Å². The summed E-state index contributed by atoms with van der Waals surface area (Å²) in [6.07, 6.45) is 4.15. The molecule has 2 aromatic rings. The van der Waals surface area contributed by atoms with Gasteiger partial charge in [0.2, 0.25) is 0 Å². The van der Waals surface area contributed by atoms with E-state index in [0.717, 1.165) is 31.1 Å². The molecule has 0 atom stereocenters. The van der Waals surface area contributed by atoms with Gasteiger partial charge < -0.3 is 5.32 Å². The number of hydrogen-bond acceptors (Lipinski definition) is 3. The molecule has 98 valence electrons. The summed E-state index contributed by atoms with van der Waals surface area (Å²) in [5.41, 5.74) is 3.48. The maximum absolute atomic E-state index is 4.48. The summed E-state index contributed by atoms with van der Waals surface area (Å²) in [5.74, 6) is 0.959. The molecule has 18 heavy (non-hydrogen) atoms. The van der Waals surface area contributed by atoms with E-state index in [0.29, 0.717) is 0 Å². The first-order valence-corrected chi connectivity index (χ1v) is 6.44. The van der Waals surface area contributed by atoms with Crippen LogP contribution in [-0.2, 0) is 19.6 Å². The van der Waals surface area contributed by atoms with Crippen LogP contribution in [0.15, 0.2) is 12.4 Å². The third-order valence-electron chi connectivity index (χ3n) is 3.09. The summed E-state index contributed by atoms with van der Waals surface area (Å²) in [6, 6.07) is 0. The zero-order valence-corrected chi connectivity index (χ0v) is 11.6. The normalized spacial score (nSPS) is 10.9. The average Bonchev–Trinajstić information content (AvgIpc) is 2.90. The van der Waals surface area contributed by atoms with Crippen LogP contribution in [-0.4, -0.2) is 19.6 Å². The van der Waals surface area contributed by atoms with Crippen LogP contribution in [0.2, 0.25) is 0 Å². The molecule has 0 saturated heterocycles. The van der Waals surface area contributed by atoms with E-state index in [9.17, 15) is 0 Å². The Bertz CT molecular complexity index is 475. The standard InChI is InChI=1S/C13H21N5/c1-5-17-8-10(3)13(16-17)14-7-12-9-18(6-2)15-11(12)4/h8-9H,5-7H2,1-4H3,(H,14,16). The predicted octanol–water partition coefficient (Wildman–Crippen LogP) is 2.35. The summed E-state index contributed by atoms with van der Waals surface area (Å²) < 4.78 is 3.91. The Kier molecular flexibility index (Phi) is 3.69. The highest BCUT2D eigenvalue weighted by Gasteiger charge is 2.07. The fourth-order valence-electron chi connectivity index (χ4n) is 1.93. The van der Waals surface area contributed by atoms with Gasteiger partial charge in [-0.25, -0.2) is 0 Å². The van der Waals surface area contributed by atoms with E-state index < -0.39 is 0 Å². The first kappa shape index (κ1) is 12.7. The molecule has 1 N–H and O–H groups in total. The highest BCUT2D eigenvalue weighted by Crippen LogP contribution is 2.14. The Balaban J connectivity index is 2.06. The monoisotopic (exact) mass is 247 g/mol. The van der Waals surface area contributed by atoms with E-state index in [1.807, 2.05) is 16.3 Å². The van der Waals surface area contributed by atoms with Crippen LogP contribution in [0.4, 0.5) is 5.82 Å². The van der Waals surface area contributed by atoms with Crippen LogP contribution in [0.1, 0.15) is 30.7 Å². The van der Waals surface area contributed by atoms with Crippen molar-refractivity contribution in [1.29, 1.82) is 0 Å². The van der Waals surface area contributed by atoms with E-state index in [1.54, 1.807) is 0 Å². The van der Waals surface area contributed by atoms with Crippen molar-refractivity contribution in [3.05, 3.63) is 29.2 Å². The average molecular weight is 247 g/mol. The molecule has 0 unspecified atom stereocenters. The Hall–Kier alpha value is -1.78. The third kappa shape index (κ3) is 2.55. The van der Waals surface area contributed by atoms with Gasteiger partial charge in [-0.2, -0.15) is 10.2 Å². The first-order chi connectivity index (χ1) is 8.63. The molecule has 0 amide bonds. The maximum Gasteiger partial charge on any atom is 0.151 e. The minimum atomic E-state index is 0.771. The molecule has 5 heteroatoms. The molecule has 2 heterocycles. The molecule has 0 aliphatic heterocycles.